The number of hydrogen-bond acceptors (Lipinski definition) is 7. The summed E-state index contributed by atoms with van der Waals surface area (Å²) in [5, 5.41) is 0.0668. The zero-order valence-corrected chi connectivity index (χ0v) is 13.5. The van der Waals surface area contributed by atoms with Crippen LogP contribution in [0, 0.1) is 11.6 Å². The van der Waals surface area contributed by atoms with Crippen LogP contribution < -0.4 is 15.2 Å². The smallest absolute Gasteiger partial charge is 0.469 e. The van der Waals surface area contributed by atoms with E-state index in [9.17, 15) is 13.6 Å². The number of carbonyl (C=O) groups excluding carboxylic acids is 1. The molecule has 1 aromatic heterocycles. The molecule has 0 aliphatic rings. The van der Waals surface area contributed by atoms with Crippen LogP contribution in [-0.2, 0) is 11.3 Å². The van der Waals surface area contributed by atoms with Crippen molar-refractivity contribution in [3.8, 4) is 11.6 Å². The summed E-state index contributed by atoms with van der Waals surface area (Å²) < 4.78 is 45.7. The molecule has 0 radical (unpaired) electrons. The number of carbonyl (C=O) groups is 1. The molecular weight excluding hydrogens is 386 g/mol. The van der Waals surface area contributed by atoms with Crippen molar-refractivity contribution in [3.05, 3.63) is 33.8 Å². The number of aromatic nitrogens is 1. The SMILES string of the molecule is COC(=O)Oc1c(OCc2c(F)cc(Br)cc2F)nsc1N. The minimum atomic E-state index is -1.02. The summed E-state index contributed by atoms with van der Waals surface area (Å²) in [6.07, 6.45) is -1.02. The zero-order valence-electron chi connectivity index (χ0n) is 11.1. The van der Waals surface area contributed by atoms with Crippen molar-refractivity contribution < 1.29 is 27.8 Å². The van der Waals surface area contributed by atoms with E-state index in [0.717, 1.165) is 30.8 Å². The second-order valence-electron chi connectivity index (χ2n) is 3.87. The van der Waals surface area contributed by atoms with Crippen molar-refractivity contribution in [3.63, 3.8) is 0 Å². The molecule has 6 nitrogen and oxygen atoms in total. The van der Waals surface area contributed by atoms with Gasteiger partial charge in [-0.1, -0.05) is 15.9 Å². The van der Waals surface area contributed by atoms with Gasteiger partial charge in [0.1, 0.15) is 18.2 Å². The Morgan fingerprint density at radius 1 is 1.41 bits per heavy atom. The van der Waals surface area contributed by atoms with E-state index in [1.165, 1.54) is 0 Å². The van der Waals surface area contributed by atoms with Crippen LogP contribution in [0.15, 0.2) is 16.6 Å². The number of methoxy groups -OCH3 is 1. The lowest BCUT2D eigenvalue weighted by Gasteiger charge is -2.08. The topological polar surface area (TPSA) is 83.7 Å². The average Bonchev–Trinajstić information content (AvgIpc) is 2.79. The first-order valence-electron chi connectivity index (χ1n) is 5.69. The van der Waals surface area contributed by atoms with Gasteiger partial charge < -0.3 is 19.9 Å². The van der Waals surface area contributed by atoms with Gasteiger partial charge in [-0.15, -0.1) is 4.37 Å². The van der Waals surface area contributed by atoms with E-state index in [1.54, 1.807) is 0 Å². The fourth-order valence-electron chi connectivity index (χ4n) is 1.44. The van der Waals surface area contributed by atoms with Crippen molar-refractivity contribution in [1.29, 1.82) is 0 Å². The summed E-state index contributed by atoms with van der Waals surface area (Å²) in [5.41, 5.74) is 5.29. The van der Waals surface area contributed by atoms with Gasteiger partial charge in [-0.25, -0.2) is 13.6 Å². The molecule has 1 aromatic carbocycles. The summed E-state index contributed by atoms with van der Waals surface area (Å²) in [5.74, 6) is -1.89. The Kier molecular flexibility index (Phi) is 5.14. The molecule has 2 rings (SSSR count). The highest BCUT2D eigenvalue weighted by atomic mass is 79.9. The molecule has 10 heteroatoms. The molecule has 22 heavy (non-hydrogen) atoms. The lowest BCUT2D eigenvalue weighted by Crippen LogP contribution is -2.09. The van der Waals surface area contributed by atoms with Crippen molar-refractivity contribution in [2.45, 2.75) is 6.61 Å². The zero-order chi connectivity index (χ0) is 16.3. The van der Waals surface area contributed by atoms with Crippen LogP contribution in [0.5, 0.6) is 11.6 Å². The number of rotatable bonds is 4. The predicted octanol–water partition coefficient (Wildman–Crippen LogP) is 3.49. The van der Waals surface area contributed by atoms with E-state index in [4.69, 9.17) is 15.2 Å². The van der Waals surface area contributed by atoms with Gasteiger partial charge in [0.05, 0.1) is 12.7 Å². The maximum Gasteiger partial charge on any atom is 0.513 e. The van der Waals surface area contributed by atoms with Gasteiger partial charge in [-0.3, -0.25) is 0 Å². The van der Waals surface area contributed by atoms with Crippen molar-refractivity contribution in [1.82, 2.24) is 4.37 Å². The minimum absolute atomic E-state index is 0.0668. The van der Waals surface area contributed by atoms with E-state index in [1.807, 2.05) is 0 Å². The maximum absolute atomic E-state index is 13.7. The van der Waals surface area contributed by atoms with E-state index < -0.39 is 24.4 Å². The molecule has 0 fully saturated rings. The third-order valence-electron chi connectivity index (χ3n) is 2.46. The number of nitrogens with zero attached hydrogens (tertiary/aromatic N) is 1. The van der Waals surface area contributed by atoms with Crippen LogP contribution in [-0.4, -0.2) is 17.6 Å². The molecular formula is C12H9BrF2N2O4S. The number of hydrogen-bond donors (Lipinski definition) is 1. The van der Waals surface area contributed by atoms with E-state index in [-0.39, 0.29) is 26.7 Å². The van der Waals surface area contributed by atoms with E-state index >= 15 is 0 Å². The molecule has 0 atom stereocenters. The Morgan fingerprint density at radius 3 is 2.64 bits per heavy atom. The molecule has 0 saturated heterocycles. The van der Waals surface area contributed by atoms with Gasteiger partial charge in [-0.05, 0) is 23.7 Å². The molecule has 2 N–H and O–H groups in total. The first kappa shape index (κ1) is 16.4. The maximum atomic E-state index is 13.7. The summed E-state index contributed by atoms with van der Waals surface area (Å²) in [7, 11) is 1.12. The standard InChI is InChI=1S/C12H9BrF2N2O4S/c1-19-12(18)21-9-10(16)22-17-11(9)20-4-6-7(14)2-5(13)3-8(6)15/h2-3H,4,16H2,1H3. The van der Waals surface area contributed by atoms with Crippen LogP contribution in [0.2, 0.25) is 0 Å². The normalized spacial score (nSPS) is 10.4. The third-order valence-corrected chi connectivity index (χ3v) is 3.55. The molecule has 0 aliphatic heterocycles. The second-order valence-corrected chi connectivity index (χ2v) is 5.59. The molecule has 0 unspecified atom stereocenters. The molecule has 0 bridgehead atoms. The van der Waals surface area contributed by atoms with Crippen LogP contribution >= 0.6 is 27.5 Å². The lowest BCUT2D eigenvalue weighted by molar-refractivity contribution is 0.119. The molecule has 0 aliphatic carbocycles. The van der Waals surface area contributed by atoms with Gasteiger partial charge in [0.2, 0.25) is 5.75 Å². The Hall–Kier alpha value is -1.94. The number of benzene rings is 1. The van der Waals surface area contributed by atoms with Crippen molar-refractivity contribution in [2.24, 2.45) is 0 Å². The largest absolute Gasteiger partial charge is 0.513 e. The molecule has 118 valence electrons. The van der Waals surface area contributed by atoms with Crippen LogP contribution in [0.1, 0.15) is 5.56 Å². The van der Waals surface area contributed by atoms with Gasteiger partial charge in [0, 0.05) is 4.47 Å². The lowest BCUT2D eigenvalue weighted by atomic mass is 10.2. The average molecular weight is 395 g/mol. The minimum Gasteiger partial charge on any atom is -0.469 e. The van der Waals surface area contributed by atoms with Gasteiger partial charge >= 0.3 is 6.16 Å². The van der Waals surface area contributed by atoms with Crippen LogP contribution in [0.4, 0.5) is 18.6 Å². The summed E-state index contributed by atoms with van der Waals surface area (Å²) in [6, 6.07) is 2.20. The molecule has 0 spiro atoms. The first-order valence-corrected chi connectivity index (χ1v) is 7.26. The highest BCUT2D eigenvalue weighted by molar-refractivity contribution is 9.10. The number of nitrogen functional groups attached to an aromatic ring is 1. The van der Waals surface area contributed by atoms with E-state index in [2.05, 4.69) is 25.0 Å². The highest BCUT2D eigenvalue weighted by Crippen LogP contribution is 2.37. The fraction of sp³-hybridized carbons (Fsp3) is 0.167. The predicted molar refractivity (Wildman–Crippen MR) is 77.9 cm³/mol. The fourth-order valence-corrected chi connectivity index (χ4v) is 2.37. The number of nitrogens with two attached hydrogens (primary N) is 1. The van der Waals surface area contributed by atoms with Crippen molar-refractivity contribution in [2.75, 3.05) is 12.8 Å². The summed E-state index contributed by atoms with van der Waals surface area (Å²) in [6.45, 7) is -0.453. The van der Waals surface area contributed by atoms with Crippen LogP contribution in [0.25, 0.3) is 0 Å². The second kappa shape index (κ2) is 6.88. The number of ether oxygens (including phenoxy) is 3. The molecule has 0 saturated carbocycles. The van der Waals surface area contributed by atoms with Crippen LogP contribution in [0.3, 0.4) is 0 Å². The Labute approximate surface area is 136 Å². The number of halogens is 3. The molecule has 0 amide bonds. The quantitative estimate of drug-likeness (QED) is 0.799. The first-order chi connectivity index (χ1) is 10.4. The van der Waals surface area contributed by atoms with Crippen molar-refractivity contribution >= 4 is 38.6 Å². The summed E-state index contributed by atoms with van der Waals surface area (Å²) >= 11 is 3.78. The monoisotopic (exact) mass is 394 g/mol. The molecule has 2 aromatic rings. The Balaban J connectivity index is 2.17. The molecule has 1 heterocycles. The third kappa shape index (κ3) is 3.63. The van der Waals surface area contributed by atoms with E-state index in [0.29, 0.717) is 0 Å². The Morgan fingerprint density at radius 2 is 2.05 bits per heavy atom. The highest BCUT2D eigenvalue weighted by Gasteiger charge is 2.20. The van der Waals surface area contributed by atoms with Gasteiger partial charge in [0.25, 0.3) is 5.88 Å². The Bertz CT molecular complexity index is 687. The van der Waals surface area contributed by atoms with Gasteiger partial charge in [-0.2, -0.15) is 0 Å². The summed E-state index contributed by atoms with van der Waals surface area (Å²) in [4.78, 5) is 11.1. The van der Waals surface area contributed by atoms with Gasteiger partial charge in [0.15, 0.2) is 5.00 Å². The number of anilines is 1.